The molecule has 0 unspecified atom stereocenters. The van der Waals surface area contributed by atoms with Gasteiger partial charge in [-0.3, -0.25) is 0 Å². The van der Waals surface area contributed by atoms with Gasteiger partial charge in [0, 0.05) is 18.0 Å². The molecule has 0 saturated carbocycles. The van der Waals surface area contributed by atoms with Gasteiger partial charge in [-0.05, 0) is 30.3 Å². The molecule has 6 heteroatoms. The van der Waals surface area contributed by atoms with Crippen LogP contribution in [0.3, 0.4) is 0 Å². The summed E-state index contributed by atoms with van der Waals surface area (Å²) >= 11 is 0. The molecule has 0 saturated heterocycles. The maximum Gasteiger partial charge on any atom is 0.416 e. The Hall–Kier alpha value is -2.76. The first-order chi connectivity index (χ1) is 10.5. The lowest BCUT2D eigenvalue weighted by Crippen LogP contribution is -2.06. The lowest BCUT2D eigenvalue weighted by Gasteiger charge is -2.08. The molecule has 1 aromatic heterocycles. The Balaban J connectivity index is 1.85. The summed E-state index contributed by atoms with van der Waals surface area (Å²) in [5.41, 5.74) is 0.519. The van der Waals surface area contributed by atoms with Crippen molar-refractivity contribution in [1.82, 2.24) is 9.78 Å². The van der Waals surface area contributed by atoms with Gasteiger partial charge in [-0.15, -0.1) is 0 Å². The minimum Gasteiger partial charge on any atom is -0.339 e. The largest absolute Gasteiger partial charge is 0.416 e. The van der Waals surface area contributed by atoms with Crippen LogP contribution < -0.4 is 5.32 Å². The van der Waals surface area contributed by atoms with Crippen molar-refractivity contribution in [2.45, 2.75) is 6.18 Å². The zero-order valence-corrected chi connectivity index (χ0v) is 11.4. The van der Waals surface area contributed by atoms with Crippen LogP contribution in [0.1, 0.15) is 5.56 Å². The van der Waals surface area contributed by atoms with E-state index in [0.717, 1.165) is 17.8 Å². The first-order valence-corrected chi connectivity index (χ1v) is 6.58. The summed E-state index contributed by atoms with van der Waals surface area (Å²) in [6.07, 6.45) is -2.75. The summed E-state index contributed by atoms with van der Waals surface area (Å²) in [5.74, 6) is 0.559. The number of hydrogen-bond donors (Lipinski definition) is 1. The highest BCUT2D eigenvalue weighted by molar-refractivity contribution is 5.55. The normalized spacial score (nSPS) is 11.4. The number of rotatable bonds is 3. The van der Waals surface area contributed by atoms with Crippen LogP contribution >= 0.6 is 0 Å². The van der Waals surface area contributed by atoms with E-state index < -0.39 is 11.7 Å². The number of hydrogen-bond acceptors (Lipinski definition) is 2. The third-order valence-electron chi connectivity index (χ3n) is 3.07. The van der Waals surface area contributed by atoms with Crippen LogP contribution in [0.2, 0.25) is 0 Å². The van der Waals surface area contributed by atoms with E-state index in [-0.39, 0.29) is 0 Å². The smallest absolute Gasteiger partial charge is 0.339 e. The van der Waals surface area contributed by atoms with Crippen molar-refractivity contribution < 1.29 is 13.2 Å². The van der Waals surface area contributed by atoms with Crippen molar-refractivity contribution >= 4 is 11.5 Å². The highest BCUT2D eigenvalue weighted by Gasteiger charge is 2.30. The fourth-order valence-electron chi connectivity index (χ4n) is 2.03. The predicted molar refractivity (Wildman–Crippen MR) is 78.3 cm³/mol. The number of halogens is 3. The fourth-order valence-corrected chi connectivity index (χ4v) is 2.03. The molecular formula is C16H12F3N3. The van der Waals surface area contributed by atoms with Gasteiger partial charge in [-0.1, -0.05) is 24.3 Å². The molecule has 112 valence electrons. The van der Waals surface area contributed by atoms with E-state index in [9.17, 15) is 13.2 Å². The van der Waals surface area contributed by atoms with Gasteiger partial charge in [0.15, 0.2) is 5.82 Å². The molecule has 1 heterocycles. The molecule has 3 nitrogen and oxygen atoms in total. The molecule has 0 bridgehead atoms. The number of anilines is 2. The van der Waals surface area contributed by atoms with E-state index in [2.05, 4.69) is 10.4 Å². The van der Waals surface area contributed by atoms with Crippen LogP contribution in [0.4, 0.5) is 24.7 Å². The van der Waals surface area contributed by atoms with E-state index in [4.69, 9.17) is 0 Å². The molecule has 1 N–H and O–H groups in total. The molecule has 0 fully saturated rings. The quantitative estimate of drug-likeness (QED) is 0.764. The van der Waals surface area contributed by atoms with Crippen LogP contribution in [0.25, 0.3) is 5.69 Å². The number of nitrogens with zero attached hydrogens (tertiary/aromatic N) is 2. The van der Waals surface area contributed by atoms with E-state index in [1.165, 1.54) is 10.7 Å². The lowest BCUT2D eigenvalue weighted by atomic mass is 10.2. The van der Waals surface area contributed by atoms with Gasteiger partial charge in [0.25, 0.3) is 0 Å². The maximum absolute atomic E-state index is 12.7. The zero-order chi connectivity index (χ0) is 15.6. The molecular weight excluding hydrogens is 291 g/mol. The molecule has 0 atom stereocenters. The Labute approximate surface area is 125 Å². The Kier molecular flexibility index (Phi) is 3.58. The minimum absolute atomic E-state index is 0.357. The topological polar surface area (TPSA) is 29.9 Å². The van der Waals surface area contributed by atoms with Crippen LogP contribution in [0.5, 0.6) is 0 Å². The highest BCUT2D eigenvalue weighted by Crippen LogP contribution is 2.30. The first kappa shape index (κ1) is 14.2. The lowest BCUT2D eigenvalue weighted by molar-refractivity contribution is -0.137. The summed E-state index contributed by atoms with van der Waals surface area (Å²) in [6.45, 7) is 0. The SMILES string of the molecule is FC(F)(F)c1cccc(-n2ccc(Nc3ccccc3)n2)c1. The number of benzene rings is 2. The van der Waals surface area contributed by atoms with Gasteiger partial charge < -0.3 is 5.32 Å². The molecule has 0 radical (unpaired) electrons. The Morgan fingerprint density at radius 2 is 1.68 bits per heavy atom. The number of para-hydroxylation sites is 1. The van der Waals surface area contributed by atoms with Gasteiger partial charge in [-0.2, -0.15) is 18.3 Å². The van der Waals surface area contributed by atoms with Gasteiger partial charge in [0.2, 0.25) is 0 Å². The highest BCUT2D eigenvalue weighted by atomic mass is 19.4. The average molecular weight is 303 g/mol. The molecule has 2 aromatic carbocycles. The van der Waals surface area contributed by atoms with E-state index in [0.29, 0.717) is 11.5 Å². The number of alkyl halides is 3. The second-order valence-electron chi connectivity index (χ2n) is 4.68. The zero-order valence-electron chi connectivity index (χ0n) is 11.4. The molecule has 3 rings (SSSR count). The summed E-state index contributed by atoms with van der Waals surface area (Å²) in [4.78, 5) is 0. The number of aromatic nitrogens is 2. The van der Waals surface area contributed by atoms with Crippen molar-refractivity contribution in [3.8, 4) is 5.69 Å². The molecule has 0 amide bonds. The van der Waals surface area contributed by atoms with Crippen LogP contribution in [-0.4, -0.2) is 9.78 Å². The summed E-state index contributed by atoms with van der Waals surface area (Å²) in [5, 5.41) is 7.32. The van der Waals surface area contributed by atoms with Crippen molar-refractivity contribution in [3.05, 3.63) is 72.4 Å². The van der Waals surface area contributed by atoms with Crippen molar-refractivity contribution in [2.24, 2.45) is 0 Å². The molecule has 0 aliphatic heterocycles. The van der Waals surface area contributed by atoms with Gasteiger partial charge >= 0.3 is 6.18 Å². The van der Waals surface area contributed by atoms with Crippen LogP contribution in [0.15, 0.2) is 66.9 Å². The van der Waals surface area contributed by atoms with E-state index >= 15 is 0 Å². The summed E-state index contributed by atoms with van der Waals surface area (Å²) < 4.78 is 39.6. The van der Waals surface area contributed by atoms with Gasteiger partial charge in [0.1, 0.15) is 0 Å². The van der Waals surface area contributed by atoms with Crippen molar-refractivity contribution in [2.75, 3.05) is 5.32 Å². The standard InChI is InChI=1S/C16H12F3N3/c17-16(18,19)12-5-4-8-14(11-12)22-10-9-15(21-22)20-13-6-2-1-3-7-13/h1-11H,(H,20,21). The minimum atomic E-state index is -4.37. The number of nitrogens with one attached hydrogen (secondary N) is 1. The maximum atomic E-state index is 12.7. The second-order valence-corrected chi connectivity index (χ2v) is 4.68. The van der Waals surface area contributed by atoms with Crippen molar-refractivity contribution in [1.29, 1.82) is 0 Å². The summed E-state index contributed by atoms with van der Waals surface area (Å²) in [7, 11) is 0. The molecule has 22 heavy (non-hydrogen) atoms. The van der Waals surface area contributed by atoms with E-state index in [1.54, 1.807) is 18.3 Å². The summed E-state index contributed by atoms with van der Waals surface area (Å²) in [6, 6.07) is 16.2. The third kappa shape index (κ3) is 3.11. The molecule has 0 aliphatic rings. The van der Waals surface area contributed by atoms with Gasteiger partial charge in [-0.25, -0.2) is 4.68 Å². The molecule has 0 spiro atoms. The van der Waals surface area contributed by atoms with Crippen LogP contribution in [0, 0.1) is 0 Å². The van der Waals surface area contributed by atoms with Crippen molar-refractivity contribution in [3.63, 3.8) is 0 Å². The first-order valence-electron chi connectivity index (χ1n) is 6.58. The average Bonchev–Trinajstić information content (AvgIpc) is 2.96. The van der Waals surface area contributed by atoms with E-state index in [1.807, 2.05) is 30.3 Å². The Morgan fingerprint density at radius 1 is 0.909 bits per heavy atom. The van der Waals surface area contributed by atoms with Gasteiger partial charge in [0.05, 0.1) is 11.3 Å². The van der Waals surface area contributed by atoms with Crippen LogP contribution in [-0.2, 0) is 6.18 Å². The third-order valence-corrected chi connectivity index (χ3v) is 3.07. The predicted octanol–water partition coefficient (Wildman–Crippen LogP) is 4.63. The Morgan fingerprint density at radius 3 is 2.41 bits per heavy atom. The Bertz CT molecular complexity index is 764. The second kappa shape index (κ2) is 5.55. The molecule has 3 aromatic rings. The monoisotopic (exact) mass is 303 g/mol. The molecule has 0 aliphatic carbocycles. The fraction of sp³-hybridized carbons (Fsp3) is 0.0625.